The van der Waals surface area contributed by atoms with Crippen molar-refractivity contribution in [2.24, 2.45) is 0 Å². The second kappa shape index (κ2) is 20.4. The van der Waals surface area contributed by atoms with Gasteiger partial charge in [-0.25, -0.2) is 0 Å². The van der Waals surface area contributed by atoms with Crippen molar-refractivity contribution in [3.63, 3.8) is 0 Å². The molecule has 1 N–H and O–H groups in total. The van der Waals surface area contributed by atoms with E-state index < -0.39 is 0 Å². The van der Waals surface area contributed by atoms with Crippen molar-refractivity contribution >= 4 is 5.91 Å². The first kappa shape index (κ1) is 23.4. The fourth-order valence-corrected chi connectivity index (χ4v) is 2.67. The molecule has 0 fully saturated rings. The van der Waals surface area contributed by atoms with Crippen LogP contribution in [0.15, 0.2) is 0 Å². The Morgan fingerprint density at radius 1 is 0.708 bits per heavy atom. The summed E-state index contributed by atoms with van der Waals surface area (Å²) in [5.74, 6) is 0.152. The number of ether oxygens (including phenoxy) is 2. The highest BCUT2D eigenvalue weighted by Gasteiger charge is 2.00. The molecule has 24 heavy (non-hydrogen) atoms. The van der Waals surface area contributed by atoms with Crippen LogP contribution in [-0.2, 0) is 14.3 Å². The molecular weight excluding hydrogens is 302 g/mol. The summed E-state index contributed by atoms with van der Waals surface area (Å²) in [7, 11) is 0. The molecule has 0 atom stereocenters. The molecule has 4 heteroatoms. The summed E-state index contributed by atoms with van der Waals surface area (Å²) in [4.78, 5) is 11.6. The molecule has 0 rings (SSSR count). The third kappa shape index (κ3) is 19.4. The monoisotopic (exact) mass is 343 g/mol. The van der Waals surface area contributed by atoms with E-state index >= 15 is 0 Å². The van der Waals surface area contributed by atoms with Crippen LogP contribution in [0.4, 0.5) is 0 Å². The van der Waals surface area contributed by atoms with Crippen LogP contribution in [0.2, 0.25) is 0 Å². The van der Waals surface area contributed by atoms with Gasteiger partial charge >= 0.3 is 0 Å². The number of hydrogen-bond donors (Lipinski definition) is 1. The van der Waals surface area contributed by atoms with E-state index in [4.69, 9.17) is 9.47 Å². The van der Waals surface area contributed by atoms with Crippen LogP contribution in [-0.4, -0.2) is 38.9 Å². The lowest BCUT2D eigenvalue weighted by molar-refractivity contribution is -0.121. The molecule has 0 aromatic carbocycles. The summed E-state index contributed by atoms with van der Waals surface area (Å²) in [6, 6.07) is 0. The number of hydrogen-bond acceptors (Lipinski definition) is 3. The molecule has 0 aromatic heterocycles. The van der Waals surface area contributed by atoms with E-state index in [0.29, 0.717) is 32.8 Å². The van der Waals surface area contributed by atoms with Crippen molar-refractivity contribution in [3.05, 3.63) is 0 Å². The highest BCUT2D eigenvalue weighted by Crippen LogP contribution is 2.11. The standard InChI is InChI=1S/C20H41NO3/c1-3-5-6-7-8-9-10-11-12-13-14-15-20(22)21-16-17-24-19-18-23-4-2/h3-19H2,1-2H3,(H,21,22). The number of rotatable bonds is 19. The molecule has 0 aliphatic heterocycles. The maximum Gasteiger partial charge on any atom is 0.220 e. The molecular formula is C20H41NO3. The highest BCUT2D eigenvalue weighted by atomic mass is 16.5. The second-order valence-corrected chi connectivity index (χ2v) is 6.44. The smallest absolute Gasteiger partial charge is 0.220 e. The van der Waals surface area contributed by atoms with E-state index in [1.165, 1.54) is 64.2 Å². The average molecular weight is 344 g/mol. The second-order valence-electron chi connectivity index (χ2n) is 6.44. The van der Waals surface area contributed by atoms with E-state index in [1.807, 2.05) is 6.92 Å². The predicted octanol–water partition coefficient (Wildman–Crippen LogP) is 4.86. The van der Waals surface area contributed by atoms with Crippen LogP contribution >= 0.6 is 0 Å². The van der Waals surface area contributed by atoms with Crippen LogP contribution in [0, 0.1) is 0 Å². The summed E-state index contributed by atoms with van der Waals surface area (Å²) in [6.45, 7) is 7.34. The van der Waals surface area contributed by atoms with Crippen molar-refractivity contribution < 1.29 is 14.3 Å². The Labute approximate surface area is 150 Å². The van der Waals surface area contributed by atoms with Crippen LogP contribution in [0.3, 0.4) is 0 Å². The molecule has 0 aliphatic rings. The summed E-state index contributed by atoms with van der Waals surface area (Å²) in [6.07, 6.45) is 15.1. The van der Waals surface area contributed by atoms with Crippen molar-refractivity contribution in [1.29, 1.82) is 0 Å². The van der Waals surface area contributed by atoms with E-state index in [9.17, 15) is 4.79 Å². The Balaban J connectivity index is 3.12. The Morgan fingerprint density at radius 2 is 1.25 bits per heavy atom. The van der Waals surface area contributed by atoms with Crippen LogP contribution in [0.1, 0.15) is 90.9 Å². The van der Waals surface area contributed by atoms with Gasteiger partial charge in [-0.2, -0.15) is 0 Å². The van der Waals surface area contributed by atoms with E-state index in [-0.39, 0.29) is 5.91 Å². The fourth-order valence-electron chi connectivity index (χ4n) is 2.67. The molecule has 0 saturated carbocycles. The first-order valence-corrected chi connectivity index (χ1v) is 10.2. The lowest BCUT2D eigenvalue weighted by Gasteiger charge is -2.07. The first-order valence-electron chi connectivity index (χ1n) is 10.2. The van der Waals surface area contributed by atoms with E-state index in [2.05, 4.69) is 12.2 Å². The maximum absolute atomic E-state index is 11.6. The van der Waals surface area contributed by atoms with Gasteiger partial charge in [0.1, 0.15) is 0 Å². The number of amides is 1. The molecule has 1 amide bonds. The Bertz CT molecular complexity index is 259. The normalized spacial score (nSPS) is 10.9. The van der Waals surface area contributed by atoms with E-state index in [0.717, 1.165) is 13.0 Å². The fraction of sp³-hybridized carbons (Fsp3) is 0.950. The Hall–Kier alpha value is -0.610. The zero-order valence-corrected chi connectivity index (χ0v) is 16.2. The molecule has 0 heterocycles. The summed E-state index contributed by atoms with van der Waals surface area (Å²) < 4.78 is 10.5. The molecule has 144 valence electrons. The zero-order chi connectivity index (χ0) is 17.7. The van der Waals surface area contributed by atoms with Crippen LogP contribution < -0.4 is 5.32 Å². The van der Waals surface area contributed by atoms with Crippen molar-refractivity contribution in [3.8, 4) is 0 Å². The van der Waals surface area contributed by atoms with Crippen molar-refractivity contribution in [2.75, 3.05) is 33.0 Å². The van der Waals surface area contributed by atoms with Gasteiger partial charge in [-0.3, -0.25) is 4.79 Å². The third-order valence-electron chi connectivity index (χ3n) is 4.15. The SMILES string of the molecule is CCCCCCCCCCCCCC(=O)NCCOCCOCC. The van der Waals surface area contributed by atoms with Crippen molar-refractivity contribution in [1.82, 2.24) is 5.32 Å². The van der Waals surface area contributed by atoms with E-state index in [1.54, 1.807) is 0 Å². The third-order valence-corrected chi connectivity index (χ3v) is 4.15. The Morgan fingerprint density at radius 3 is 1.83 bits per heavy atom. The minimum atomic E-state index is 0.152. The molecule has 0 bridgehead atoms. The largest absolute Gasteiger partial charge is 0.379 e. The molecule has 0 spiro atoms. The number of carbonyl (C=O) groups excluding carboxylic acids is 1. The van der Waals surface area contributed by atoms with Gasteiger partial charge in [-0.1, -0.05) is 71.1 Å². The zero-order valence-electron chi connectivity index (χ0n) is 16.2. The minimum Gasteiger partial charge on any atom is -0.379 e. The van der Waals surface area contributed by atoms with Crippen molar-refractivity contribution in [2.45, 2.75) is 90.9 Å². The molecule has 0 unspecified atom stereocenters. The molecule has 4 nitrogen and oxygen atoms in total. The lowest BCUT2D eigenvalue weighted by Crippen LogP contribution is -2.27. The van der Waals surface area contributed by atoms with Gasteiger partial charge < -0.3 is 14.8 Å². The quantitative estimate of drug-likeness (QED) is 0.341. The maximum atomic E-state index is 11.6. The van der Waals surface area contributed by atoms with Gasteiger partial charge in [0.2, 0.25) is 5.91 Å². The number of nitrogens with one attached hydrogen (secondary N) is 1. The van der Waals surface area contributed by atoms with Gasteiger partial charge in [0.15, 0.2) is 0 Å². The summed E-state index contributed by atoms with van der Waals surface area (Å²) >= 11 is 0. The van der Waals surface area contributed by atoms with Gasteiger partial charge in [-0.05, 0) is 13.3 Å². The van der Waals surface area contributed by atoms with Gasteiger partial charge in [0.25, 0.3) is 0 Å². The predicted molar refractivity (Wildman–Crippen MR) is 101 cm³/mol. The molecule has 0 aliphatic carbocycles. The number of unbranched alkanes of at least 4 members (excludes halogenated alkanes) is 10. The first-order chi connectivity index (χ1) is 11.8. The van der Waals surface area contributed by atoms with Crippen LogP contribution in [0.25, 0.3) is 0 Å². The minimum absolute atomic E-state index is 0.152. The van der Waals surface area contributed by atoms with Gasteiger partial charge in [0.05, 0.1) is 19.8 Å². The van der Waals surface area contributed by atoms with Gasteiger partial charge in [0, 0.05) is 19.6 Å². The molecule has 0 aromatic rings. The molecule has 0 saturated heterocycles. The van der Waals surface area contributed by atoms with Crippen LogP contribution in [0.5, 0.6) is 0 Å². The lowest BCUT2D eigenvalue weighted by atomic mass is 10.1. The molecule has 0 radical (unpaired) electrons. The number of carbonyl (C=O) groups is 1. The topological polar surface area (TPSA) is 47.6 Å². The summed E-state index contributed by atoms with van der Waals surface area (Å²) in [5, 5.41) is 2.90. The van der Waals surface area contributed by atoms with Gasteiger partial charge in [-0.15, -0.1) is 0 Å². The average Bonchev–Trinajstić information content (AvgIpc) is 2.59. The Kier molecular flexibility index (Phi) is 19.9. The highest BCUT2D eigenvalue weighted by molar-refractivity contribution is 5.75. The summed E-state index contributed by atoms with van der Waals surface area (Å²) in [5.41, 5.74) is 0.